The first-order valence-electron chi connectivity index (χ1n) is 21.7. The summed E-state index contributed by atoms with van der Waals surface area (Å²) in [6, 6.07) is 10.00. The molecule has 5 amide bonds. The Hall–Kier alpha value is -5.79. The first-order chi connectivity index (χ1) is 29.3. The minimum absolute atomic E-state index is 0.0474. The van der Waals surface area contributed by atoms with Crippen LogP contribution < -0.4 is 26.6 Å². The van der Waals surface area contributed by atoms with Gasteiger partial charge in [-0.3, -0.25) is 28.8 Å². The van der Waals surface area contributed by atoms with Gasteiger partial charge in [-0.2, -0.15) is 0 Å². The Labute approximate surface area is 360 Å². The van der Waals surface area contributed by atoms with Crippen LogP contribution in [0.25, 0.3) is 0 Å². The van der Waals surface area contributed by atoms with Gasteiger partial charge in [-0.1, -0.05) is 139 Å². The monoisotopic (exact) mass is 845 g/mol. The molecule has 4 unspecified atom stereocenters. The average molecular weight is 846 g/mol. The number of hydrogen-bond acceptors (Lipinski definition) is 8. The summed E-state index contributed by atoms with van der Waals surface area (Å²) in [4.78, 5) is 89.4. The summed E-state index contributed by atoms with van der Waals surface area (Å²) >= 11 is 0. The summed E-state index contributed by atoms with van der Waals surface area (Å²) < 4.78 is 0. The summed E-state index contributed by atoms with van der Waals surface area (Å²) in [5.41, 5.74) is 2.09. The van der Waals surface area contributed by atoms with E-state index in [1.165, 1.54) is 68.4 Å². The topological polar surface area (TPSA) is 220 Å². The van der Waals surface area contributed by atoms with Crippen molar-refractivity contribution in [2.24, 2.45) is 5.92 Å². The Bertz CT molecular complexity index is 1760. The number of rotatable bonds is 24. The van der Waals surface area contributed by atoms with Gasteiger partial charge in [0.2, 0.25) is 29.4 Å². The van der Waals surface area contributed by atoms with Gasteiger partial charge in [0, 0.05) is 12.8 Å². The SMILES string of the molecule is C1CCCCC1.CC/C=C\C=C(/CC)C(C)CCCC(=O)NCC(=O)NC(Cc1cccc(O)c1)C(=O)NC(CCC)C(=O)C(=O)NCC(=O)NC(C(=O)O)c1ccccc1. The number of benzene rings is 2. The maximum atomic E-state index is 13.6. The number of aromatic hydroxyl groups is 1. The number of Topliss-reactive ketones (excluding diaryl/α,β-unsaturated/α-hetero) is 1. The smallest absolute Gasteiger partial charge is 0.330 e. The predicted octanol–water partition coefficient (Wildman–Crippen LogP) is 5.90. The van der Waals surface area contributed by atoms with Gasteiger partial charge >= 0.3 is 5.97 Å². The molecule has 0 spiro atoms. The lowest BCUT2D eigenvalue weighted by Gasteiger charge is -2.23. The number of aliphatic carboxylic acids is 1. The highest BCUT2D eigenvalue weighted by Gasteiger charge is 2.31. The molecular weight excluding hydrogens is 779 g/mol. The second kappa shape index (κ2) is 29.4. The number of phenolic OH excluding ortho intramolecular Hbond substituents is 1. The normalized spacial score (nSPS) is 14.5. The van der Waals surface area contributed by atoms with E-state index in [0.29, 0.717) is 29.9 Å². The summed E-state index contributed by atoms with van der Waals surface area (Å²) in [7, 11) is 0. The Morgan fingerprint density at radius 3 is 1.97 bits per heavy atom. The van der Waals surface area contributed by atoms with E-state index in [0.717, 1.165) is 19.3 Å². The molecule has 2 aromatic rings. The van der Waals surface area contributed by atoms with Gasteiger partial charge in [0.1, 0.15) is 11.8 Å². The minimum atomic E-state index is -1.39. The number of phenols is 1. The van der Waals surface area contributed by atoms with Crippen molar-refractivity contribution < 1.29 is 43.8 Å². The summed E-state index contributed by atoms with van der Waals surface area (Å²) in [6.45, 7) is 6.90. The molecule has 3 rings (SSSR count). The van der Waals surface area contributed by atoms with E-state index < -0.39 is 66.6 Å². The second-order valence-corrected chi connectivity index (χ2v) is 15.3. The Kier molecular flexibility index (Phi) is 24.8. The lowest BCUT2D eigenvalue weighted by atomic mass is 9.93. The third kappa shape index (κ3) is 20.8. The quantitative estimate of drug-likeness (QED) is 0.0494. The van der Waals surface area contributed by atoms with Crippen LogP contribution in [0.5, 0.6) is 5.75 Å². The molecule has 1 fully saturated rings. The van der Waals surface area contributed by atoms with Crippen LogP contribution in [0.3, 0.4) is 0 Å². The molecular formula is C47H67N5O9. The summed E-state index contributed by atoms with van der Waals surface area (Å²) in [6.07, 6.45) is 19.1. The van der Waals surface area contributed by atoms with Gasteiger partial charge in [-0.25, -0.2) is 4.79 Å². The molecule has 14 nitrogen and oxygen atoms in total. The summed E-state index contributed by atoms with van der Waals surface area (Å²) in [5.74, 6) is -5.97. The van der Waals surface area contributed by atoms with Crippen molar-refractivity contribution in [2.45, 2.75) is 136 Å². The van der Waals surface area contributed by atoms with Crippen LogP contribution in [-0.4, -0.2) is 76.7 Å². The van der Waals surface area contributed by atoms with Crippen LogP contribution in [-0.2, 0) is 40.0 Å². The Balaban J connectivity index is 0.00000195. The summed E-state index contributed by atoms with van der Waals surface area (Å²) in [5, 5.41) is 31.7. The minimum Gasteiger partial charge on any atom is -0.508 e. The molecule has 1 saturated carbocycles. The van der Waals surface area contributed by atoms with Crippen molar-refractivity contribution in [3.05, 3.63) is 89.5 Å². The molecule has 0 aromatic heterocycles. The van der Waals surface area contributed by atoms with Crippen molar-refractivity contribution in [3.63, 3.8) is 0 Å². The largest absolute Gasteiger partial charge is 0.508 e. The number of carbonyl (C=O) groups excluding carboxylic acids is 6. The van der Waals surface area contributed by atoms with Crippen LogP contribution in [0.4, 0.5) is 0 Å². The molecule has 0 heterocycles. The molecule has 334 valence electrons. The van der Waals surface area contributed by atoms with Crippen molar-refractivity contribution in [3.8, 4) is 5.75 Å². The van der Waals surface area contributed by atoms with E-state index in [1.54, 1.807) is 37.3 Å². The van der Waals surface area contributed by atoms with E-state index in [1.807, 2.05) is 6.08 Å². The van der Waals surface area contributed by atoms with E-state index in [4.69, 9.17) is 0 Å². The van der Waals surface area contributed by atoms with Crippen molar-refractivity contribution >= 4 is 41.3 Å². The lowest BCUT2D eigenvalue weighted by molar-refractivity contribution is -0.142. The van der Waals surface area contributed by atoms with Gasteiger partial charge in [0.25, 0.3) is 5.91 Å². The molecule has 0 radical (unpaired) electrons. The predicted molar refractivity (Wildman–Crippen MR) is 235 cm³/mol. The zero-order valence-electron chi connectivity index (χ0n) is 36.3. The van der Waals surface area contributed by atoms with Crippen LogP contribution in [0.2, 0.25) is 0 Å². The number of amides is 5. The third-order valence-corrected chi connectivity index (χ3v) is 10.2. The van der Waals surface area contributed by atoms with Crippen LogP contribution in [0.1, 0.15) is 128 Å². The van der Waals surface area contributed by atoms with Crippen molar-refractivity contribution in [1.82, 2.24) is 26.6 Å². The molecule has 1 aliphatic rings. The van der Waals surface area contributed by atoms with E-state index in [9.17, 15) is 43.8 Å². The van der Waals surface area contributed by atoms with E-state index in [2.05, 4.69) is 59.5 Å². The van der Waals surface area contributed by atoms with E-state index >= 15 is 0 Å². The number of carbonyl (C=O) groups is 7. The van der Waals surface area contributed by atoms with Gasteiger partial charge in [-0.15, -0.1) is 0 Å². The highest BCUT2D eigenvalue weighted by Crippen LogP contribution is 2.21. The van der Waals surface area contributed by atoms with Crippen molar-refractivity contribution in [2.75, 3.05) is 13.1 Å². The highest BCUT2D eigenvalue weighted by molar-refractivity contribution is 6.38. The van der Waals surface area contributed by atoms with Gasteiger partial charge in [0.15, 0.2) is 6.04 Å². The third-order valence-electron chi connectivity index (χ3n) is 10.2. The zero-order valence-corrected chi connectivity index (χ0v) is 36.3. The van der Waals surface area contributed by atoms with Crippen LogP contribution in [0.15, 0.2) is 78.4 Å². The lowest BCUT2D eigenvalue weighted by Crippen LogP contribution is -2.55. The molecule has 0 aliphatic heterocycles. The van der Waals surface area contributed by atoms with E-state index in [-0.39, 0.29) is 30.9 Å². The molecule has 14 heteroatoms. The fourth-order valence-corrected chi connectivity index (χ4v) is 6.80. The standard InChI is InChI=1S/C41H55N5O9.C6H12/c1-5-8-10-18-29(7-3)27(4)16-13-22-34(48)42-25-35(49)44-33(24-28-17-14-21-31(47)23-28)39(52)45-32(15-6-2)38(51)40(53)43-26-36(50)46-37(41(54)55)30-19-11-9-12-20-30;1-2-4-6-5-3-1/h8-12,14,17-21,23,27,32-33,37,47H,5-7,13,15-16,22,24-26H2,1-4H3,(H,42,48)(H,43,53)(H,44,49)(H,45,52)(H,46,50)(H,54,55);1-6H2/b10-8-,29-18+;. The fourth-order valence-electron chi connectivity index (χ4n) is 6.80. The number of hydrogen-bond donors (Lipinski definition) is 7. The van der Waals surface area contributed by atoms with Crippen LogP contribution >= 0.6 is 0 Å². The number of carboxylic acids is 1. The van der Waals surface area contributed by atoms with Gasteiger partial charge in [-0.05, 0) is 61.3 Å². The molecule has 7 N–H and O–H groups in total. The molecule has 1 aliphatic carbocycles. The Morgan fingerprint density at radius 2 is 1.38 bits per heavy atom. The number of nitrogens with one attached hydrogen (secondary N) is 5. The van der Waals surface area contributed by atoms with Gasteiger partial charge < -0.3 is 36.8 Å². The zero-order chi connectivity index (χ0) is 45.0. The maximum Gasteiger partial charge on any atom is 0.330 e. The maximum absolute atomic E-state index is 13.6. The number of ketones is 1. The molecule has 0 bridgehead atoms. The molecule has 4 atom stereocenters. The van der Waals surface area contributed by atoms with Crippen LogP contribution in [0, 0.1) is 5.92 Å². The Morgan fingerprint density at radius 1 is 0.738 bits per heavy atom. The van der Waals surface area contributed by atoms with Gasteiger partial charge in [0.05, 0.1) is 19.1 Å². The fraction of sp³-hybridized carbons (Fsp3) is 0.511. The number of carboxylic acid groups (broad SMARTS) is 1. The molecule has 0 saturated heterocycles. The number of allylic oxidation sites excluding steroid dienone is 4. The average Bonchev–Trinajstić information content (AvgIpc) is 3.25. The first-order valence-corrected chi connectivity index (χ1v) is 21.7. The molecule has 2 aromatic carbocycles. The van der Waals surface area contributed by atoms with Crippen molar-refractivity contribution in [1.29, 1.82) is 0 Å². The highest BCUT2D eigenvalue weighted by atomic mass is 16.4. The second-order valence-electron chi connectivity index (χ2n) is 15.3. The molecule has 61 heavy (non-hydrogen) atoms. The first kappa shape index (κ1) is 51.4.